The molecule has 0 aliphatic heterocycles. The molecule has 90 valence electrons. The van der Waals surface area contributed by atoms with E-state index in [1.165, 1.54) is 16.9 Å². The Balaban J connectivity index is 2.56. The van der Waals surface area contributed by atoms with E-state index in [1.54, 1.807) is 13.0 Å². The van der Waals surface area contributed by atoms with Gasteiger partial charge in [-0.2, -0.15) is 0 Å². The summed E-state index contributed by atoms with van der Waals surface area (Å²) in [6.45, 7) is 2.02. The molecule has 0 aromatic rings. The van der Waals surface area contributed by atoms with Gasteiger partial charge < -0.3 is 10.0 Å². The number of carboxylic acid groups (broad SMARTS) is 1. The van der Waals surface area contributed by atoms with Gasteiger partial charge >= 0.3 is 5.97 Å². The number of amides is 1. The summed E-state index contributed by atoms with van der Waals surface area (Å²) in [5.41, 5.74) is 1.17. The summed E-state index contributed by atoms with van der Waals surface area (Å²) in [5.74, 6) is -1.13. The molecule has 0 saturated heterocycles. The van der Waals surface area contributed by atoms with Crippen molar-refractivity contribution in [2.24, 2.45) is 0 Å². The molecule has 0 aromatic carbocycles. The van der Waals surface area contributed by atoms with Crippen molar-refractivity contribution in [3.05, 3.63) is 11.6 Å². The van der Waals surface area contributed by atoms with E-state index in [0.29, 0.717) is 6.54 Å². The second-order valence-electron chi connectivity index (χ2n) is 4.11. The topological polar surface area (TPSA) is 57.6 Å². The summed E-state index contributed by atoms with van der Waals surface area (Å²) < 4.78 is 0. The Hall–Kier alpha value is -1.32. The second kappa shape index (κ2) is 6.30. The van der Waals surface area contributed by atoms with Crippen LogP contribution in [0.3, 0.4) is 0 Å². The van der Waals surface area contributed by atoms with Gasteiger partial charge in [-0.15, -0.1) is 0 Å². The Morgan fingerprint density at radius 3 is 2.44 bits per heavy atom. The van der Waals surface area contributed by atoms with Crippen LogP contribution in [0, 0.1) is 0 Å². The summed E-state index contributed by atoms with van der Waals surface area (Å²) in [6.07, 6.45) is 7.12. The van der Waals surface area contributed by atoms with E-state index >= 15 is 0 Å². The number of hydrogen-bond acceptors (Lipinski definition) is 2. The fourth-order valence-corrected chi connectivity index (χ4v) is 1.92. The molecule has 0 bridgehead atoms. The van der Waals surface area contributed by atoms with Crippen LogP contribution < -0.4 is 0 Å². The molecule has 1 amide bonds. The maximum atomic E-state index is 11.8. The van der Waals surface area contributed by atoms with Gasteiger partial charge in [0.2, 0.25) is 5.91 Å². The predicted octanol–water partition coefficient (Wildman–Crippen LogP) is 1.81. The number of hydrogen-bond donors (Lipinski definition) is 1. The normalized spacial score (nSPS) is 15.7. The second-order valence-corrected chi connectivity index (χ2v) is 4.11. The number of allylic oxidation sites excluding steroid dienone is 1. The molecule has 1 N–H and O–H groups in total. The molecule has 0 radical (unpaired) electrons. The van der Waals surface area contributed by atoms with Crippen molar-refractivity contribution >= 4 is 11.9 Å². The number of rotatable bonds is 4. The van der Waals surface area contributed by atoms with Crippen LogP contribution in [-0.2, 0) is 9.59 Å². The quantitative estimate of drug-likeness (QED) is 0.742. The lowest BCUT2D eigenvalue weighted by Gasteiger charge is -2.18. The average Bonchev–Trinajstić information content (AvgIpc) is 2.26. The third kappa shape index (κ3) is 4.04. The molecule has 0 heterocycles. The van der Waals surface area contributed by atoms with E-state index in [4.69, 9.17) is 5.11 Å². The molecule has 0 atom stereocenters. The molecule has 4 heteroatoms. The lowest BCUT2D eigenvalue weighted by atomic mass is 9.94. The molecule has 1 saturated carbocycles. The minimum absolute atomic E-state index is 0.165. The Morgan fingerprint density at radius 1 is 1.31 bits per heavy atom. The van der Waals surface area contributed by atoms with Crippen LogP contribution in [0.2, 0.25) is 0 Å². The highest BCUT2D eigenvalue weighted by atomic mass is 16.4. The van der Waals surface area contributed by atoms with E-state index in [9.17, 15) is 9.59 Å². The van der Waals surface area contributed by atoms with Gasteiger partial charge in [0.25, 0.3) is 0 Å². The van der Waals surface area contributed by atoms with Gasteiger partial charge in [-0.3, -0.25) is 9.59 Å². The standard InChI is InChI=1S/C12H19NO3/c1-2-13(9-12(15)16)11(14)8-10-6-4-3-5-7-10/h8H,2-7,9H2,1H3,(H,15,16). The first-order valence-electron chi connectivity index (χ1n) is 5.83. The predicted molar refractivity (Wildman–Crippen MR) is 61.1 cm³/mol. The Bertz CT molecular complexity index is 289. The van der Waals surface area contributed by atoms with Crippen LogP contribution in [0.1, 0.15) is 39.0 Å². The molecular weight excluding hydrogens is 206 g/mol. The fraction of sp³-hybridized carbons (Fsp3) is 0.667. The van der Waals surface area contributed by atoms with Crippen molar-refractivity contribution in [2.75, 3.05) is 13.1 Å². The average molecular weight is 225 g/mol. The summed E-state index contributed by atoms with van der Waals surface area (Å²) in [5, 5.41) is 8.66. The Morgan fingerprint density at radius 2 is 1.94 bits per heavy atom. The Kier molecular flexibility index (Phi) is 5.02. The van der Waals surface area contributed by atoms with Crippen molar-refractivity contribution in [1.29, 1.82) is 0 Å². The van der Waals surface area contributed by atoms with E-state index in [-0.39, 0.29) is 12.5 Å². The number of carboxylic acids is 1. The molecule has 0 spiro atoms. The minimum atomic E-state index is -0.961. The zero-order valence-corrected chi connectivity index (χ0v) is 9.74. The Labute approximate surface area is 95.9 Å². The van der Waals surface area contributed by atoms with Crippen molar-refractivity contribution in [2.45, 2.75) is 39.0 Å². The van der Waals surface area contributed by atoms with E-state index in [1.807, 2.05) is 0 Å². The number of likely N-dealkylation sites (N-methyl/N-ethyl adjacent to an activating group) is 1. The SMILES string of the molecule is CCN(CC(=O)O)C(=O)C=C1CCCCC1. The molecule has 1 fully saturated rings. The number of carbonyl (C=O) groups is 2. The first kappa shape index (κ1) is 12.7. The summed E-state index contributed by atoms with van der Waals surface area (Å²) >= 11 is 0. The van der Waals surface area contributed by atoms with Gasteiger partial charge in [-0.25, -0.2) is 0 Å². The van der Waals surface area contributed by atoms with Crippen LogP contribution in [0.15, 0.2) is 11.6 Å². The molecule has 0 unspecified atom stereocenters. The number of nitrogens with zero attached hydrogens (tertiary/aromatic N) is 1. The highest BCUT2D eigenvalue weighted by Gasteiger charge is 2.14. The maximum Gasteiger partial charge on any atom is 0.323 e. The van der Waals surface area contributed by atoms with E-state index in [0.717, 1.165) is 25.7 Å². The molecule has 16 heavy (non-hydrogen) atoms. The molecule has 0 aromatic heterocycles. The van der Waals surface area contributed by atoms with Gasteiger partial charge in [0.15, 0.2) is 0 Å². The van der Waals surface area contributed by atoms with Crippen molar-refractivity contribution in [1.82, 2.24) is 4.90 Å². The van der Waals surface area contributed by atoms with Crippen molar-refractivity contribution < 1.29 is 14.7 Å². The smallest absolute Gasteiger partial charge is 0.323 e. The minimum Gasteiger partial charge on any atom is -0.480 e. The lowest BCUT2D eigenvalue weighted by molar-refractivity contribution is -0.142. The molecule has 4 nitrogen and oxygen atoms in total. The van der Waals surface area contributed by atoms with Gasteiger partial charge in [-0.05, 0) is 32.6 Å². The van der Waals surface area contributed by atoms with Crippen molar-refractivity contribution in [3.8, 4) is 0 Å². The monoisotopic (exact) mass is 225 g/mol. The maximum absolute atomic E-state index is 11.8. The lowest BCUT2D eigenvalue weighted by Crippen LogP contribution is -2.34. The summed E-state index contributed by atoms with van der Waals surface area (Å²) in [6, 6.07) is 0. The van der Waals surface area contributed by atoms with Crippen LogP contribution in [0.5, 0.6) is 0 Å². The largest absolute Gasteiger partial charge is 0.480 e. The summed E-state index contributed by atoms with van der Waals surface area (Å²) in [4.78, 5) is 23.7. The highest BCUT2D eigenvalue weighted by molar-refractivity contribution is 5.90. The van der Waals surface area contributed by atoms with Gasteiger partial charge in [0.05, 0.1) is 0 Å². The van der Waals surface area contributed by atoms with E-state index < -0.39 is 5.97 Å². The molecule has 1 rings (SSSR count). The van der Waals surface area contributed by atoms with Gasteiger partial charge in [0, 0.05) is 12.6 Å². The summed E-state index contributed by atoms with van der Waals surface area (Å²) in [7, 11) is 0. The zero-order valence-electron chi connectivity index (χ0n) is 9.74. The van der Waals surface area contributed by atoms with Gasteiger partial charge in [-0.1, -0.05) is 12.0 Å². The number of aliphatic carboxylic acids is 1. The molecule has 1 aliphatic rings. The molecule has 1 aliphatic carbocycles. The van der Waals surface area contributed by atoms with Crippen molar-refractivity contribution in [3.63, 3.8) is 0 Å². The highest BCUT2D eigenvalue weighted by Crippen LogP contribution is 2.22. The fourth-order valence-electron chi connectivity index (χ4n) is 1.92. The third-order valence-corrected chi connectivity index (χ3v) is 2.84. The first-order valence-corrected chi connectivity index (χ1v) is 5.83. The first-order chi connectivity index (χ1) is 7.63. The zero-order chi connectivity index (χ0) is 12.0. The van der Waals surface area contributed by atoms with Crippen LogP contribution in [-0.4, -0.2) is 35.0 Å². The van der Waals surface area contributed by atoms with Crippen LogP contribution in [0.25, 0.3) is 0 Å². The van der Waals surface area contributed by atoms with Crippen LogP contribution in [0.4, 0.5) is 0 Å². The van der Waals surface area contributed by atoms with E-state index in [2.05, 4.69) is 0 Å². The number of carbonyl (C=O) groups excluding carboxylic acids is 1. The molecular formula is C12H19NO3. The van der Waals surface area contributed by atoms with Gasteiger partial charge in [0.1, 0.15) is 6.54 Å². The van der Waals surface area contributed by atoms with Crippen LogP contribution >= 0.6 is 0 Å². The third-order valence-electron chi connectivity index (χ3n) is 2.84.